The van der Waals surface area contributed by atoms with Gasteiger partial charge in [0.1, 0.15) is 6.10 Å². The van der Waals surface area contributed by atoms with E-state index in [-0.39, 0.29) is 24.0 Å². The van der Waals surface area contributed by atoms with Gasteiger partial charge in [-0.2, -0.15) is 0 Å². The van der Waals surface area contributed by atoms with Crippen molar-refractivity contribution in [3.8, 4) is 0 Å². The maximum Gasteiger partial charge on any atom is 0.335 e. The lowest BCUT2D eigenvalue weighted by Gasteiger charge is -2.17. The number of ether oxygens (including phenoxy) is 1. The van der Waals surface area contributed by atoms with E-state index in [0.29, 0.717) is 5.69 Å². The summed E-state index contributed by atoms with van der Waals surface area (Å²) >= 11 is 0. The van der Waals surface area contributed by atoms with E-state index in [9.17, 15) is 14.7 Å². The van der Waals surface area contributed by atoms with Gasteiger partial charge in [-0.25, -0.2) is 4.79 Å². The molecule has 1 saturated heterocycles. The van der Waals surface area contributed by atoms with Crippen LogP contribution in [0.4, 0.5) is 5.69 Å². The fraction of sp³-hybridized carbons (Fsp3) is 0.333. The molecule has 1 aromatic carbocycles. The molecule has 0 aromatic heterocycles. The van der Waals surface area contributed by atoms with Crippen molar-refractivity contribution in [1.82, 2.24) is 0 Å². The Labute approximate surface area is 122 Å². The van der Waals surface area contributed by atoms with Crippen molar-refractivity contribution in [3.05, 3.63) is 42.0 Å². The van der Waals surface area contributed by atoms with Crippen LogP contribution in [-0.2, 0) is 9.53 Å². The molecule has 112 valence electrons. The average Bonchev–Trinajstić information content (AvgIpc) is 2.77. The third-order valence-electron chi connectivity index (χ3n) is 3.11. The number of cyclic esters (lactones) is 1. The third-order valence-corrected chi connectivity index (χ3v) is 3.11. The number of rotatable bonds is 5. The van der Waals surface area contributed by atoms with E-state index in [4.69, 9.17) is 9.84 Å². The number of benzene rings is 1. The number of carbonyl (C=O) groups excluding carboxylic acids is 1. The Morgan fingerprint density at radius 2 is 2.10 bits per heavy atom. The summed E-state index contributed by atoms with van der Waals surface area (Å²) in [6.45, 7) is 1.61. The molecule has 6 heteroatoms. The number of aliphatic hydroxyl groups is 1. The van der Waals surface area contributed by atoms with E-state index in [2.05, 4.69) is 5.32 Å². The van der Waals surface area contributed by atoms with E-state index >= 15 is 0 Å². The number of carboxylic acids is 1. The molecule has 0 aliphatic carbocycles. The van der Waals surface area contributed by atoms with Crippen LogP contribution in [0.3, 0.4) is 0 Å². The van der Waals surface area contributed by atoms with Crippen LogP contribution in [-0.4, -0.2) is 40.4 Å². The van der Waals surface area contributed by atoms with Gasteiger partial charge in [-0.3, -0.25) is 4.79 Å². The highest BCUT2D eigenvalue weighted by Crippen LogP contribution is 2.21. The normalized spacial score (nSPS) is 23.0. The van der Waals surface area contributed by atoms with E-state index in [0.717, 1.165) is 0 Å². The molecule has 2 rings (SSSR count). The molecule has 0 radical (unpaired) electrons. The van der Waals surface area contributed by atoms with Gasteiger partial charge in [-0.15, -0.1) is 0 Å². The maximum absolute atomic E-state index is 11.4. The van der Waals surface area contributed by atoms with Gasteiger partial charge in [0, 0.05) is 5.69 Å². The Balaban J connectivity index is 2.05. The molecule has 6 nitrogen and oxygen atoms in total. The summed E-state index contributed by atoms with van der Waals surface area (Å²) < 4.78 is 5.17. The summed E-state index contributed by atoms with van der Waals surface area (Å²) in [6.07, 6.45) is 2.37. The minimum Gasteiger partial charge on any atom is -0.478 e. The number of aliphatic hydroxyl groups excluding tert-OH is 1. The van der Waals surface area contributed by atoms with Crippen LogP contribution >= 0.6 is 0 Å². The molecule has 21 heavy (non-hydrogen) atoms. The lowest BCUT2D eigenvalue weighted by Crippen LogP contribution is -2.27. The zero-order valence-corrected chi connectivity index (χ0v) is 11.5. The Bertz CT molecular complexity index is 550. The summed E-state index contributed by atoms with van der Waals surface area (Å²) in [5, 5.41) is 21.2. The second kappa shape index (κ2) is 6.41. The van der Waals surface area contributed by atoms with Crippen LogP contribution in [0.1, 0.15) is 23.7 Å². The number of nitrogens with one attached hydrogen (secondary N) is 1. The van der Waals surface area contributed by atoms with Crippen molar-refractivity contribution in [3.63, 3.8) is 0 Å². The maximum atomic E-state index is 11.4. The molecular weight excluding hydrogens is 274 g/mol. The first-order valence-corrected chi connectivity index (χ1v) is 6.61. The zero-order chi connectivity index (χ0) is 15.4. The first-order valence-electron chi connectivity index (χ1n) is 6.61. The molecular formula is C15H17NO5. The standard InChI is InChI=1S/C15H17NO5/c1-9(17)2-7-13-12(8-14(18)21-13)16-11-5-3-10(4-6-11)15(19)20/h2-7,9,12-13,16-17H,8H2,1H3,(H,19,20)/t9-,12+,13-/m0/s1. The predicted molar refractivity (Wildman–Crippen MR) is 76.1 cm³/mol. The molecule has 1 aromatic rings. The largest absolute Gasteiger partial charge is 0.478 e. The zero-order valence-electron chi connectivity index (χ0n) is 11.5. The van der Waals surface area contributed by atoms with Crippen molar-refractivity contribution in [2.24, 2.45) is 0 Å². The summed E-state index contributed by atoms with van der Waals surface area (Å²) in [4.78, 5) is 22.2. The molecule has 1 fully saturated rings. The summed E-state index contributed by atoms with van der Waals surface area (Å²) in [6, 6.07) is 6.01. The minimum absolute atomic E-state index is 0.199. The number of esters is 1. The molecule has 0 amide bonds. The van der Waals surface area contributed by atoms with Crippen LogP contribution in [0.5, 0.6) is 0 Å². The van der Waals surface area contributed by atoms with Crippen LogP contribution in [0, 0.1) is 0 Å². The van der Waals surface area contributed by atoms with Crippen molar-refractivity contribution in [2.75, 3.05) is 5.32 Å². The number of aromatic carboxylic acids is 1. The highest BCUT2D eigenvalue weighted by molar-refractivity contribution is 5.88. The highest BCUT2D eigenvalue weighted by Gasteiger charge is 2.33. The summed E-state index contributed by atoms with van der Waals surface area (Å²) in [5.74, 6) is -1.30. The second-order valence-corrected chi connectivity index (χ2v) is 4.92. The summed E-state index contributed by atoms with van der Waals surface area (Å²) in [7, 11) is 0. The molecule has 3 N–H and O–H groups in total. The van der Waals surface area contributed by atoms with Crippen molar-refractivity contribution < 1.29 is 24.5 Å². The lowest BCUT2D eigenvalue weighted by atomic mass is 10.1. The number of carboxylic acid groups (broad SMARTS) is 1. The molecule has 1 heterocycles. The lowest BCUT2D eigenvalue weighted by molar-refractivity contribution is -0.140. The quantitative estimate of drug-likeness (QED) is 0.561. The number of hydrogen-bond donors (Lipinski definition) is 3. The van der Waals surface area contributed by atoms with Gasteiger partial charge in [0.05, 0.1) is 24.1 Å². The first-order chi connectivity index (χ1) is 9.95. The molecule has 1 aliphatic heterocycles. The Kier molecular flexibility index (Phi) is 4.59. The van der Waals surface area contributed by atoms with Gasteiger partial charge in [0.25, 0.3) is 0 Å². The van der Waals surface area contributed by atoms with Gasteiger partial charge in [0.15, 0.2) is 0 Å². The monoisotopic (exact) mass is 291 g/mol. The van der Waals surface area contributed by atoms with Crippen LogP contribution in [0.15, 0.2) is 36.4 Å². The Hall–Kier alpha value is -2.34. The fourth-order valence-electron chi connectivity index (χ4n) is 2.08. The predicted octanol–water partition coefficient (Wildman–Crippen LogP) is 1.42. The summed E-state index contributed by atoms with van der Waals surface area (Å²) in [5.41, 5.74) is 0.906. The second-order valence-electron chi connectivity index (χ2n) is 4.92. The molecule has 0 bridgehead atoms. The van der Waals surface area contributed by atoms with Gasteiger partial charge < -0.3 is 20.3 Å². The van der Waals surface area contributed by atoms with Crippen LogP contribution < -0.4 is 5.32 Å². The molecule has 3 atom stereocenters. The minimum atomic E-state index is -0.987. The van der Waals surface area contributed by atoms with Gasteiger partial charge in [-0.1, -0.05) is 6.08 Å². The van der Waals surface area contributed by atoms with Gasteiger partial charge >= 0.3 is 11.9 Å². The molecule has 0 unspecified atom stereocenters. The SMILES string of the molecule is C[C@H](O)C=C[C@@H]1OC(=O)C[C@H]1Nc1ccc(C(=O)O)cc1. The Morgan fingerprint density at radius 1 is 1.43 bits per heavy atom. The van der Waals surface area contributed by atoms with Crippen LogP contribution in [0.2, 0.25) is 0 Å². The van der Waals surface area contributed by atoms with E-state index in [1.807, 2.05) is 0 Å². The number of carbonyl (C=O) groups is 2. The first kappa shape index (κ1) is 15.1. The van der Waals surface area contributed by atoms with Crippen molar-refractivity contribution in [1.29, 1.82) is 0 Å². The fourth-order valence-corrected chi connectivity index (χ4v) is 2.08. The topological polar surface area (TPSA) is 95.9 Å². The van der Waals surface area contributed by atoms with Crippen molar-refractivity contribution in [2.45, 2.75) is 31.6 Å². The number of anilines is 1. The van der Waals surface area contributed by atoms with Crippen LogP contribution in [0.25, 0.3) is 0 Å². The third kappa shape index (κ3) is 4.06. The molecule has 1 aliphatic rings. The van der Waals surface area contributed by atoms with E-state index in [1.165, 1.54) is 12.1 Å². The number of hydrogen-bond acceptors (Lipinski definition) is 5. The van der Waals surface area contributed by atoms with Gasteiger partial charge in [-0.05, 0) is 37.3 Å². The molecule has 0 spiro atoms. The average molecular weight is 291 g/mol. The molecule has 0 saturated carbocycles. The highest BCUT2D eigenvalue weighted by atomic mass is 16.6. The van der Waals surface area contributed by atoms with Gasteiger partial charge in [0.2, 0.25) is 0 Å². The van der Waals surface area contributed by atoms with E-state index in [1.54, 1.807) is 31.2 Å². The van der Waals surface area contributed by atoms with E-state index < -0.39 is 18.2 Å². The Morgan fingerprint density at radius 3 is 2.67 bits per heavy atom. The van der Waals surface area contributed by atoms with Crippen molar-refractivity contribution >= 4 is 17.6 Å². The smallest absolute Gasteiger partial charge is 0.335 e.